The van der Waals surface area contributed by atoms with Gasteiger partial charge in [-0.3, -0.25) is 5.32 Å². The van der Waals surface area contributed by atoms with Gasteiger partial charge in [0.15, 0.2) is 0 Å². The summed E-state index contributed by atoms with van der Waals surface area (Å²) in [4.78, 5) is 11.7. The predicted molar refractivity (Wildman–Crippen MR) is 89.2 cm³/mol. The number of allylic oxidation sites excluding steroid dienone is 4. The van der Waals surface area contributed by atoms with E-state index in [1.165, 1.54) is 0 Å². The standard InChI is InChI=1S/C17H24N2O2/c1-6-8-12(7-2)13-9-10-15(14(18)11-13)19-16(20)21-17(3,4)5/h6-11H,18H2,1-5H3,(H,19,20)/b8-6-,12-7+. The molecule has 4 heteroatoms. The van der Waals surface area contributed by atoms with Crippen LogP contribution in [0.3, 0.4) is 0 Å². The average molecular weight is 288 g/mol. The molecule has 0 heterocycles. The van der Waals surface area contributed by atoms with E-state index in [0.717, 1.165) is 11.1 Å². The highest BCUT2D eigenvalue weighted by Crippen LogP contribution is 2.25. The van der Waals surface area contributed by atoms with Crippen molar-refractivity contribution in [2.24, 2.45) is 0 Å². The molecule has 0 aliphatic rings. The number of hydrogen-bond acceptors (Lipinski definition) is 3. The van der Waals surface area contributed by atoms with Gasteiger partial charge in [-0.1, -0.05) is 24.3 Å². The van der Waals surface area contributed by atoms with Crippen LogP contribution in [0.1, 0.15) is 40.2 Å². The predicted octanol–water partition coefficient (Wildman–Crippen LogP) is 4.60. The highest BCUT2D eigenvalue weighted by Gasteiger charge is 2.17. The van der Waals surface area contributed by atoms with Gasteiger partial charge in [-0.05, 0) is 57.9 Å². The third-order valence-corrected chi connectivity index (χ3v) is 2.68. The second kappa shape index (κ2) is 6.97. The molecule has 3 N–H and O–H groups in total. The van der Waals surface area contributed by atoms with E-state index in [2.05, 4.69) is 5.32 Å². The molecule has 0 saturated heterocycles. The quantitative estimate of drug-likeness (QED) is 0.631. The minimum Gasteiger partial charge on any atom is -0.444 e. The lowest BCUT2D eigenvalue weighted by Gasteiger charge is -2.20. The van der Waals surface area contributed by atoms with Crippen molar-refractivity contribution in [1.29, 1.82) is 0 Å². The van der Waals surface area contributed by atoms with E-state index >= 15 is 0 Å². The maximum Gasteiger partial charge on any atom is 0.412 e. The van der Waals surface area contributed by atoms with Crippen molar-refractivity contribution in [2.75, 3.05) is 11.1 Å². The van der Waals surface area contributed by atoms with Gasteiger partial charge in [0, 0.05) is 0 Å². The zero-order chi connectivity index (χ0) is 16.0. The number of carbonyl (C=O) groups is 1. The molecule has 1 amide bonds. The summed E-state index contributed by atoms with van der Waals surface area (Å²) < 4.78 is 5.21. The monoisotopic (exact) mass is 288 g/mol. The molecule has 0 radical (unpaired) electrons. The third kappa shape index (κ3) is 5.34. The van der Waals surface area contributed by atoms with Crippen molar-refractivity contribution >= 4 is 23.0 Å². The summed E-state index contributed by atoms with van der Waals surface area (Å²) in [6, 6.07) is 5.53. The van der Waals surface area contributed by atoms with Crippen molar-refractivity contribution in [1.82, 2.24) is 0 Å². The average Bonchev–Trinajstić information content (AvgIpc) is 2.36. The van der Waals surface area contributed by atoms with E-state index in [4.69, 9.17) is 10.5 Å². The number of hydrogen-bond donors (Lipinski definition) is 2. The van der Waals surface area contributed by atoms with Crippen molar-refractivity contribution in [3.63, 3.8) is 0 Å². The first-order chi connectivity index (χ1) is 9.76. The van der Waals surface area contributed by atoms with Gasteiger partial charge in [-0.2, -0.15) is 0 Å². The molecule has 0 fully saturated rings. The normalized spacial score (nSPS) is 12.5. The first-order valence-electron chi connectivity index (χ1n) is 6.95. The summed E-state index contributed by atoms with van der Waals surface area (Å²) in [5.41, 5.74) is 8.59. The van der Waals surface area contributed by atoms with E-state index in [0.29, 0.717) is 11.4 Å². The van der Waals surface area contributed by atoms with Crippen LogP contribution >= 0.6 is 0 Å². The second-order valence-electron chi connectivity index (χ2n) is 5.67. The number of nitrogens with two attached hydrogens (primary N) is 1. The van der Waals surface area contributed by atoms with Crippen molar-refractivity contribution in [3.05, 3.63) is 42.0 Å². The van der Waals surface area contributed by atoms with Gasteiger partial charge in [-0.15, -0.1) is 0 Å². The number of benzene rings is 1. The first kappa shape index (κ1) is 16.8. The lowest BCUT2D eigenvalue weighted by atomic mass is 10.0. The highest BCUT2D eigenvalue weighted by atomic mass is 16.6. The highest BCUT2D eigenvalue weighted by molar-refractivity contribution is 5.90. The summed E-state index contributed by atoms with van der Waals surface area (Å²) in [6.07, 6.45) is 5.48. The molecule has 0 aliphatic carbocycles. The topological polar surface area (TPSA) is 64.3 Å². The van der Waals surface area contributed by atoms with Crippen LogP contribution in [-0.2, 0) is 4.74 Å². The Morgan fingerprint density at radius 2 is 1.95 bits per heavy atom. The molecule has 4 nitrogen and oxygen atoms in total. The minimum atomic E-state index is -0.539. The Labute approximate surface area is 126 Å². The molecule has 1 aromatic carbocycles. The number of nitrogen functional groups attached to an aromatic ring is 1. The SMILES string of the molecule is C/C=C\C(=C/C)c1ccc(NC(=O)OC(C)(C)C)c(N)c1. The number of anilines is 2. The lowest BCUT2D eigenvalue weighted by molar-refractivity contribution is 0.0636. The number of nitrogens with one attached hydrogen (secondary N) is 1. The second-order valence-corrected chi connectivity index (χ2v) is 5.67. The molecule has 114 valence electrons. The van der Waals surface area contributed by atoms with Crippen molar-refractivity contribution in [2.45, 2.75) is 40.2 Å². The molecule has 0 spiro atoms. The summed E-state index contributed by atoms with van der Waals surface area (Å²) in [6.45, 7) is 9.38. The molecule has 0 aliphatic heterocycles. The number of amides is 1. The zero-order valence-corrected chi connectivity index (χ0v) is 13.4. The van der Waals surface area contributed by atoms with Crippen molar-refractivity contribution < 1.29 is 9.53 Å². The Kier molecular flexibility index (Phi) is 5.59. The van der Waals surface area contributed by atoms with E-state index in [1.807, 2.05) is 65.0 Å². The Balaban J connectivity index is 2.91. The van der Waals surface area contributed by atoms with Gasteiger partial charge < -0.3 is 10.5 Å². The van der Waals surface area contributed by atoms with Crippen LogP contribution in [0.5, 0.6) is 0 Å². The summed E-state index contributed by atoms with van der Waals surface area (Å²) in [7, 11) is 0. The number of ether oxygens (including phenoxy) is 1. The van der Waals surface area contributed by atoms with Crippen LogP contribution in [0.4, 0.5) is 16.2 Å². The van der Waals surface area contributed by atoms with Gasteiger partial charge in [-0.25, -0.2) is 4.79 Å². The van der Waals surface area contributed by atoms with Crippen LogP contribution < -0.4 is 11.1 Å². The van der Waals surface area contributed by atoms with Gasteiger partial charge >= 0.3 is 6.09 Å². The molecule has 21 heavy (non-hydrogen) atoms. The van der Waals surface area contributed by atoms with Crippen LogP contribution in [0.25, 0.3) is 5.57 Å². The van der Waals surface area contributed by atoms with Crippen LogP contribution in [0.2, 0.25) is 0 Å². The van der Waals surface area contributed by atoms with Gasteiger partial charge in [0.05, 0.1) is 11.4 Å². The number of carbonyl (C=O) groups excluding carboxylic acids is 1. The number of rotatable bonds is 3. The Bertz CT molecular complexity index is 567. The molecule has 0 atom stereocenters. The maximum atomic E-state index is 11.7. The summed E-state index contributed by atoms with van der Waals surface area (Å²) in [5.74, 6) is 0. The Morgan fingerprint density at radius 1 is 1.29 bits per heavy atom. The van der Waals surface area contributed by atoms with Crippen LogP contribution in [0.15, 0.2) is 36.4 Å². The molecular weight excluding hydrogens is 264 g/mol. The molecule has 0 saturated carbocycles. The molecule has 0 unspecified atom stereocenters. The minimum absolute atomic E-state index is 0.502. The molecule has 1 aromatic rings. The van der Waals surface area contributed by atoms with Gasteiger partial charge in [0.25, 0.3) is 0 Å². The molecule has 1 rings (SSSR count). The van der Waals surface area contributed by atoms with E-state index < -0.39 is 11.7 Å². The van der Waals surface area contributed by atoms with Gasteiger partial charge in [0.1, 0.15) is 5.60 Å². The van der Waals surface area contributed by atoms with Gasteiger partial charge in [0.2, 0.25) is 0 Å². The zero-order valence-electron chi connectivity index (χ0n) is 13.4. The Hall–Kier alpha value is -2.23. The fraction of sp³-hybridized carbons (Fsp3) is 0.353. The van der Waals surface area contributed by atoms with Crippen molar-refractivity contribution in [3.8, 4) is 0 Å². The van der Waals surface area contributed by atoms with E-state index in [-0.39, 0.29) is 0 Å². The lowest BCUT2D eigenvalue weighted by Crippen LogP contribution is -2.27. The fourth-order valence-corrected chi connectivity index (χ4v) is 1.81. The Morgan fingerprint density at radius 3 is 2.43 bits per heavy atom. The van der Waals surface area contributed by atoms with Crippen LogP contribution in [-0.4, -0.2) is 11.7 Å². The van der Waals surface area contributed by atoms with E-state index in [1.54, 1.807) is 6.07 Å². The molecular formula is C17H24N2O2. The first-order valence-corrected chi connectivity index (χ1v) is 6.95. The third-order valence-electron chi connectivity index (χ3n) is 2.68. The summed E-state index contributed by atoms with van der Waals surface area (Å²) in [5, 5.41) is 2.66. The van der Waals surface area contributed by atoms with Crippen LogP contribution in [0, 0.1) is 0 Å². The van der Waals surface area contributed by atoms with E-state index in [9.17, 15) is 4.79 Å². The molecule has 0 bridgehead atoms. The summed E-state index contributed by atoms with van der Waals surface area (Å²) >= 11 is 0. The maximum absolute atomic E-state index is 11.7. The fourth-order valence-electron chi connectivity index (χ4n) is 1.81. The largest absolute Gasteiger partial charge is 0.444 e. The molecule has 0 aromatic heterocycles. The smallest absolute Gasteiger partial charge is 0.412 e.